The quantitative estimate of drug-likeness (QED) is 0.343. The van der Waals surface area contributed by atoms with Gasteiger partial charge >= 0.3 is 5.69 Å². The van der Waals surface area contributed by atoms with Crippen molar-refractivity contribution in [1.29, 1.82) is 0 Å². The predicted octanol–water partition coefficient (Wildman–Crippen LogP) is 3.75. The zero-order valence-corrected chi connectivity index (χ0v) is 20.4. The number of nitrogens with one attached hydrogen (secondary N) is 3. The molecule has 0 aliphatic rings. The third-order valence-electron chi connectivity index (χ3n) is 5.19. The predicted molar refractivity (Wildman–Crippen MR) is 132 cm³/mol. The van der Waals surface area contributed by atoms with Crippen molar-refractivity contribution >= 4 is 44.9 Å². The van der Waals surface area contributed by atoms with Crippen LogP contribution in [0.2, 0.25) is 0 Å². The number of aromatic amines is 2. The minimum atomic E-state index is -0.289. The van der Waals surface area contributed by atoms with E-state index in [-0.39, 0.29) is 17.2 Å². The maximum Gasteiger partial charge on any atom is 0.343 e. The second-order valence-corrected chi connectivity index (χ2v) is 9.71. The van der Waals surface area contributed by atoms with Gasteiger partial charge in [0.05, 0.1) is 16.0 Å². The van der Waals surface area contributed by atoms with Crippen LogP contribution in [0.1, 0.15) is 45.5 Å². The highest BCUT2D eigenvalue weighted by Crippen LogP contribution is 2.29. The summed E-state index contributed by atoms with van der Waals surface area (Å²) < 4.78 is 1.56. The third kappa shape index (κ3) is 4.64. The molecule has 3 aromatic heterocycles. The van der Waals surface area contributed by atoms with Crippen LogP contribution in [0.5, 0.6) is 0 Å². The number of carbonyl (C=O) groups excluding carboxylic acids is 1. The van der Waals surface area contributed by atoms with Crippen LogP contribution in [-0.2, 0) is 12.3 Å². The van der Waals surface area contributed by atoms with Gasteiger partial charge in [-0.3, -0.25) is 14.2 Å². The first-order valence-corrected chi connectivity index (χ1v) is 12.3. The van der Waals surface area contributed by atoms with Gasteiger partial charge in [0.2, 0.25) is 0 Å². The Morgan fingerprint density at radius 1 is 1.24 bits per heavy atom. The molecule has 3 heterocycles. The molecule has 9 nitrogen and oxygen atoms in total. The largest absolute Gasteiger partial charge is 0.343 e. The fourth-order valence-electron chi connectivity index (χ4n) is 3.57. The Kier molecular flexibility index (Phi) is 6.52. The van der Waals surface area contributed by atoms with Crippen LogP contribution >= 0.6 is 23.1 Å². The fraction of sp³-hybridized carbons (Fsp3) is 0.318. The number of benzene rings is 1. The van der Waals surface area contributed by atoms with E-state index in [0.29, 0.717) is 43.9 Å². The number of carbonyl (C=O) groups is 1. The van der Waals surface area contributed by atoms with Gasteiger partial charge in [-0.05, 0) is 44.4 Å². The smallest absolute Gasteiger partial charge is 0.321 e. The molecule has 1 aromatic carbocycles. The number of aromatic nitrogens is 5. The van der Waals surface area contributed by atoms with Crippen molar-refractivity contribution in [3.05, 3.63) is 66.4 Å². The summed E-state index contributed by atoms with van der Waals surface area (Å²) in [6, 6.07) is 5.82. The molecule has 0 saturated carbocycles. The number of amides is 1. The summed E-state index contributed by atoms with van der Waals surface area (Å²) in [5.74, 6) is 0.525. The summed E-state index contributed by atoms with van der Waals surface area (Å²) in [7, 11) is 0. The molecule has 4 rings (SSSR count). The van der Waals surface area contributed by atoms with Crippen LogP contribution < -0.4 is 16.6 Å². The Hall–Kier alpha value is -3.18. The summed E-state index contributed by atoms with van der Waals surface area (Å²) in [6.07, 6.45) is 0.801. The van der Waals surface area contributed by atoms with Crippen molar-refractivity contribution in [2.45, 2.75) is 51.6 Å². The van der Waals surface area contributed by atoms with Crippen LogP contribution in [0.3, 0.4) is 0 Å². The van der Waals surface area contributed by atoms with E-state index in [4.69, 9.17) is 0 Å². The van der Waals surface area contributed by atoms with Crippen LogP contribution in [0, 0.1) is 20.8 Å². The first kappa shape index (κ1) is 23.0. The Morgan fingerprint density at radius 3 is 2.76 bits per heavy atom. The van der Waals surface area contributed by atoms with Gasteiger partial charge in [-0.25, -0.2) is 14.9 Å². The van der Waals surface area contributed by atoms with Gasteiger partial charge in [0, 0.05) is 12.2 Å². The van der Waals surface area contributed by atoms with E-state index >= 15 is 0 Å². The standard InChI is InChI=1S/C22H24N6O3S2/c1-5-8-28-21(31)26-27-22(28)32-10-15-24-18(29)16-13(4)17(33-20(16)25-15)19(30)23-14-7-6-11(2)9-12(14)3/h6-7,9H,5,8,10H2,1-4H3,(H,23,30)(H,26,31)(H,24,25,29). The molecule has 0 radical (unpaired) electrons. The topological polar surface area (TPSA) is 126 Å². The number of hydrogen-bond donors (Lipinski definition) is 3. The Labute approximate surface area is 197 Å². The van der Waals surface area contributed by atoms with Crippen molar-refractivity contribution in [3.8, 4) is 0 Å². The molecule has 0 unspecified atom stereocenters. The van der Waals surface area contributed by atoms with Gasteiger partial charge in [0.1, 0.15) is 10.7 Å². The Bertz CT molecular complexity index is 1460. The normalized spacial score (nSPS) is 11.3. The average Bonchev–Trinajstić information content (AvgIpc) is 3.29. The van der Waals surface area contributed by atoms with Gasteiger partial charge in [-0.15, -0.1) is 16.4 Å². The molecule has 33 heavy (non-hydrogen) atoms. The van der Waals surface area contributed by atoms with E-state index in [9.17, 15) is 14.4 Å². The molecule has 0 spiro atoms. The van der Waals surface area contributed by atoms with Gasteiger partial charge in [0.15, 0.2) is 5.16 Å². The monoisotopic (exact) mass is 484 g/mol. The summed E-state index contributed by atoms with van der Waals surface area (Å²) in [6.45, 7) is 8.24. The number of thiophene rings is 1. The number of thioether (sulfide) groups is 1. The maximum atomic E-state index is 13.0. The zero-order chi connectivity index (χ0) is 23.7. The van der Waals surface area contributed by atoms with Crippen LogP contribution in [0.25, 0.3) is 10.2 Å². The van der Waals surface area contributed by atoms with Crippen molar-refractivity contribution in [3.63, 3.8) is 0 Å². The number of aryl methyl sites for hydroxylation is 3. The minimum Gasteiger partial charge on any atom is -0.321 e. The molecule has 0 atom stereocenters. The summed E-state index contributed by atoms with van der Waals surface area (Å²) in [4.78, 5) is 45.9. The number of H-pyrrole nitrogens is 2. The van der Waals surface area contributed by atoms with Gasteiger partial charge in [0.25, 0.3) is 11.5 Å². The van der Waals surface area contributed by atoms with Crippen molar-refractivity contribution in [2.24, 2.45) is 0 Å². The highest BCUT2D eigenvalue weighted by Gasteiger charge is 2.20. The van der Waals surface area contributed by atoms with E-state index in [1.807, 2.05) is 39.0 Å². The van der Waals surface area contributed by atoms with Crippen molar-refractivity contribution in [1.82, 2.24) is 24.7 Å². The highest BCUT2D eigenvalue weighted by molar-refractivity contribution is 7.98. The van der Waals surface area contributed by atoms with E-state index in [1.165, 1.54) is 23.1 Å². The first-order chi connectivity index (χ1) is 15.8. The number of fused-ring (bicyclic) bond motifs is 1. The van der Waals surface area contributed by atoms with Crippen LogP contribution in [0.15, 0.2) is 32.9 Å². The summed E-state index contributed by atoms with van der Waals surface area (Å²) in [5, 5.41) is 10.4. The van der Waals surface area contributed by atoms with Gasteiger partial charge < -0.3 is 10.3 Å². The van der Waals surface area contributed by atoms with E-state index < -0.39 is 0 Å². The number of rotatable bonds is 7. The lowest BCUT2D eigenvalue weighted by atomic mass is 10.1. The summed E-state index contributed by atoms with van der Waals surface area (Å²) >= 11 is 2.51. The Balaban J connectivity index is 1.60. The van der Waals surface area contributed by atoms with Crippen molar-refractivity contribution < 1.29 is 4.79 Å². The average molecular weight is 485 g/mol. The van der Waals surface area contributed by atoms with Crippen molar-refractivity contribution in [2.75, 3.05) is 5.32 Å². The third-order valence-corrected chi connectivity index (χ3v) is 7.37. The lowest BCUT2D eigenvalue weighted by Crippen LogP contribution is -2.17. The number of hydrogen-bond acceptors (Lipinski definition) is 7. The molecule has 0 fully saturated rings. The minimum absolute atomic E-state index is 0.260. The summed E-state index contributed by atoms with van der Waals surface area (Å²) in [5.41, 5.74) is 2.88. The second kappa shape index (κ2) is 9.36. The SMILES string of the molecule is CCCn1c(SCc2nc3sc(C(=O)Nc4ccc(C)cc4C)c(C)c3c(=O)[nH]2)n[nH]c1=O. The lowest BCUT2D eigenvalue weighted by molar-refractivity contribution is 0.103. The Morgan fingerprint density at radius 2 is 2.03 bits per heavy atom. The highest BCUT2D eigenvalue weighted by atomic mass is 32.2. The number of anilines is 1. The maximum absolute atomic E-state index is 13.0. The fourth-order valence-corrected chi connectivity index (χ4v) is 5.51. The first-order valence-electron chi connectivity index (χ1n) is 10.5. The molecule has 0 aliphatic carbocycles. The molecule has 0 aliphatic heterocycles. The molecule has 4 aromatic rings. The van der Waals surface area contributed by atoms with Crippen LogP contribution in [0.4, 0.5) is 5.69 Å². The lowest BCUT2D eigenvalue weighted by Gasteiger charge is -2.08. The molecule has 3 N–H and O–H groups in total. The molecule has 11 heteroatoms. The molecule has 0 bridgehead atoms. The van der Waals surface area contributed by atoms with Gasteiger partial charge in [-0.1, -0.05) is 36.4 Å². The van der Waals surface area contributed by atoms with E-state index in [1.54, 1.807) is 11.5 Å². The second-order valence-electron chi connectivity index (χ2n) is 7.77. The number of nitrogens with zero attached hydrogens (tertiary/aromatic N) is 3. The van der Waals surface area contributed by atoms with E-state index in [2.05, 4.69) is 25.5 Å². The van der Waals surface area contributed by atoms with Crippen LogP contribution in [-0.4, -0.2) is 30.6 Å². The molecule has 0 saturated heterocycles. The van der Waals surface area contributed by atoms with E-state index in [0.717, 1.165) is 23.2 Å². The molecular formula is C22H24N6O3S2. The van der Waals surface area contributed by atoms with Gasteiger partial charge in [-0.2, -0.15) is 0 Å². The zero-order valence-electron chi connectivity index (χ0n) is 18.7. The molecular weight excluding hydrogens is 460 g/mol. The molecule has 172 valence electrons. The molecule has 1 amide bonds.